The van der Waals surface area contributed by atoms with Gasteiger partial charge in [-0.25, -0.2) is 0 Å². The highest BCUT2D eigenvalue weighted by Gasteiger charge is 2.07. The molecule has 0 aliphatic heterocycles. The number of hydrogen-bond acceptors (Lipinski definition) is 3. The summed E-state index contributed by atoms with van der Waals surface area (Å²) in [5.74, 6) is 1.04. The molecule has 86 valence electrons. The number of aryl methyl sites for hydroxylation is 1. The van der Waals surface area contributed by atoms with E-state index in [2.05, 4.69) is 19.2 Å². The summed E-state index contributed by atoms with van der Waals surface area (Å²) in [5, 5.41) is 12.2. The van der Waals surface area contributed by atoms with Crippen molar-refractivity contribution < 1.29 is 9.52 Å². The fourth-order valence-corrected chi connectivity index (χ4v) is 1.66. The Hall–Kier alpha value is -0.800. The number of rotatable bonds is 7. The van der Waals surface area contributed by atoms with Gasteiger partial charge >= 0.3 is 0 Å². The molecular formula is C12H21NO2. The molecule has 0 aliphatic rings. The lowest BCUT2D eigenvalue weighted by atomic mass is 10.1. The van der Waals surface area contributed by atoms with Gasteiger partial charge in [-0.1, -0.05) is 0 Å². The summed E-state index contributed by atoms with van der Waals surface area (Å²) in [6, 6.07) is 4.75. The van der Waals surface area contributed by atoms with Crippen molar-refractivity contribution in [3.05, 3.63) is 24.2 Å². The van der Waals surface area contributed by atoms with Gasteiger partial charge in [0, 0.05) is 25.1 Å². The lowest BCUT2D eigenvalue weighted by Crippen LogP contribution is -2.35. The van der Waals surface area contributed by atoms with Crippen LogP contribution in [0, 0.1) is 0 Å². The molecule has 2 atom stereocenters. The first-order valence-electron chi connectivity index (χ1n) is 5.61. The monoisotopic (exact) mass is 211 g/mol. The summed E-state index contributed by atoms with van der Waals surface area (Å²) in [6.07, 6.45) is 4.54. The molecular weight excluding hydrogens is 190 g/mol. The molecule has 0 aliphatic carbocycles. The Balaban J connectivity index is 2.15. The second-order valence-corrected chi connectivity index (χ2v) is 4.10. The van der Waals surface area contributed by atoms with Crippen LogP contribution < -0.4 is 5.32 Å². The molecule has 1 rings (SSSR count). The summed E-state index contributed by atoms with van der Waals surface area (Å²) < 4.78 is 5.27. The van der Waals surface area contributed by atoms with Gasteiger partial charge in [0.1, 0.15) is 5.76 Å². The third-order valence-corrected chi connectivity index (χ3v) is 2.53. The maximum Gasteiger partial charge on any atom is 0.103 e. The van der Waals surface area contributed by atoms with Crippen molar-refractivity contribution >= 4 is 0 Å². The number of aliphatic hydroxyl groups is 1. The molecule has 0 saturated carbocycles. The molecule has 0 bridgehead atoms. The Morgan fingerprint density at radius 3 is 2.67 bits per heavy atom. The topological polar surface area (TPSA) is 45.4 Å². The molecule has 3 nitrogen and oxygen atoms in total. The van der Waals surface area contributed by atoms with Crippen LogP contribution in [0.2, 0.25) is 0 Å². The quantitative estimate of drug-likeness (QED) is 0.724. The molecule has 0 amide bonds. The number of furan rings is 1. The third-order valence-electron chi connectivity index (χ3n) is 2.53. The SMILES string of the molecule is CC(CCO)NC(C)CCc1ccco1. The van der Waals surface area contributed by atoms with Crippen molar-refractivity contribution in [1.29, 1.82) is 0 Å². The third kappa shape index (κ3) is 5.00. The second kappa shape index (κ2) is 6.64. The van der Waals surface area contributed by atoms with Gasteiger partial charge in [0.2, 0.25) is 0 Å². The molecule has 1 aromatic heterocycles. The molecule has 0 spiro atoms. The minimum atomic E-state index is 0.249. The lowest BCUT2D eigenvalue weighted by Gasteiger charge is -2.18. The van der Waals surface area contributed by atoms with E-state index < -0.39 is 0 Å². The highest BCUT2D eigenvalue weighted by Crippen LogP contribution is 2.06. The van der Waals surface area contributed by atoms with E-state index in [1.54, 1.807) is 6.26 Å². The zero-order valence-electron chi connectivity index (χ0n) is 9.57. The van der Waals surface area contributed by atoms with E-state index in [1.165, 1.54) is 0 Å². The molecule has 0 saturated heterocycles. The van der Waals surface area contributed by atoms with Crippen molar-refractivity contribution in [1.82, 2.24) is 5.32 Å². The van der Waals surface area contributed by atoms with Crippen LogP contribution in [0.4, 0.5) is 0 Å². The molecule has 0 radical (unpaired) electrons. The van der Waals surface area contributed by atoms with Gasteiger partial charge in [-0.15, -0.1) is 0 Å². The maximum atomic E-state index is 8.77. The standard InChI is InChI=1S/C12H21NO2/c1-10(13-11(2)7-8-14)5-6-12-4-3-9-15-12/h3-4,9-11,13-14H,5-8H2,1-2H3. The van der Waals surface area contributed by atoms with Gasteiger partial charge in [-0.2, -0.15) is 0 Å². The molecule has 1 aromatic rings. The zero-order valence-corrected chi connectivity index (χ0v) is 9.57. The minimum Gasteiger partial charge on any atom is -0.469 e. The van der Waals surface area contributed by atoms with Gasteiger partial charge in [0.05, 0.1) is 6.26 Å². The van der Waals surface area contributed by atoms with E-state index >= 15 is 0 Å². The summed E-state index contributed by atoms with van der Waals surface area (Å²) in [7, 11) is 0. The Bertz CT molecular complexity index is 246. The predicted octanol–water partition coefficient (Wildman–Crippen LogP) is 1.96. The second-order valence-electron chi connectivity index (χ2n) is 4.10. The van der Waals surface area contributed by atoms with Crippen LogP contribution in [0.3, 0.4) is 0 Å². The van der Waals surface area contributed by atoms with Crippen LogP contribution >= 0.6 is 0 Å². The van der Waals surface area contributed by atoms with Gasteiger partial charge in [-0.3, -0.25) is 0 Å². The lowest BCUT2D eigenvalue weighted by molar-refractivity contribution is 0.262. The van der Waals surface area contributed by atoms with E-state index in [-0.39, 0.29) is 6.61 Å². The smallest absolute Gasteiger partial charge is 0.103 e. The van der Waals surface area contributed by atoms with E-state index in [1.807, 2.05) is 12.1 Å². The minimum absolute atomic E-state index is 0.249. The summed E-state index contributed by atoms with van der Waals surface area (Å²) >= 11 is 0. The van der Waals surface area contributed by atoms with Crippen molar-refractivity contribution in [3.63, 3.8) is 0 Å². The average Bonchev–Trinajstić information content (AvgIpc) is 2.67. The van der Waals surface area contributed by atoms with Gasteiger partial charge in [0.15, 0.2) is 0 Å². The van der Waals surface area contributed by atoms with E-state index in [0.29, 0.717) is 12.1 Å². The molecule has 2 N–H and O–H groups in total. The van der Waals surface area contributed by atoms with Crippen molar-refractivity contribution in [2.24, 2.45) is 0 Å². The van der Waals surface area contributed by atoms with Crippen molar-refractivity contribution in [2.75, 3.05) is 6.61 Å². The average molecular weight is 211 g/mol. The number of hydrogen-bond donors (Lipinski definition) is 2. The fraction of sp³-hybridized carbons (Fsp3) is 0.667. The Kier molecular flexibility index (Phi) is 5.43. The normalized spacial score (nSPS) is 15.1. The maximum absolute atomic E-state index is 8.77. The number of aliphatic hydroxyl groups excluding tert-OH is 1. The van der Waals surface area contributed by atoms with E-state index in [9.17, 15) is 0 Å². The molecule has 2 unspecified atom stereocenters. The van der Waals surface area contributed by atoms with Crippen LogP contribution in [0.5, 0.6) is 0 Å². The van der Waals surface area contributed by atoms with Gasteiger partial charge < -0.3 is 14.8 Å². The first kappa shape index (κ1) is 12.3. The predicted molar refractivity (Wildman–Crippen MR) is 60.8 cm³/mol. The number of nitrogens with one attached hydrogen (secondary N) is 1. The Morgan fingerprint density at radius 2 is 2.07 bits per heavy atom. The van der Waals surface area contributed by atoms with Gasteiger partial charge in [0.25, 0.3) is 0 Å². The van der Waals surface area contributed by atoms with Crippen LogP contribution in [-0.2, 0) is 6.42 Å². The Morgan fingerprint density at radius 1 is 1.33 bits per heavy atom. The highest BCUT2D eigenvalue weighted by atomic mass is 16.3. The molecule has 3 heteroatoms. The first-order valence-corrected chi connectivity index (χ1v) is 5.61. The van der Waals surface area contributed by atoms with Crippen LogP contribution in [0.1, 0.15) is 32.4 Å². The summed E-state index contributed by atoms with van der Waals surface area (Å²) in [4.78, 5) is 0. The highest BCUT2D eigenvalue weighted by molar-refractivity contribution is 4.98. The summed E-state index contributed by atoms with van der Waals surface area (Å²) in [5.41, 5.74) is 0. The molecule has 1 heterocycles. The first-order chi connectivity index (χ1) is 7.22. The van der Waals surface area contributed by atoms with Crippen LogP contribution in [0.25, 0.3) is 0 Å². The fourth-order valence-electron chi connectivity index (χ4n) is 1.66. The van der Waals surface area contributed by atoms with E-state index in [0.717, 1.165) is 25.0 Å². The van der Waals surface area contributed by atoms with Crippen molar-refractivity contribution in [3.8, 4) is 0 Å². The van der Waals surface area contributed by atoms with Crippen LogP contribution in [-0.4, -0.2) is 23.8 Å². The van der Waals surface area contributed by atoms with Gasteiger partial charge in [-0.05, 0) is 38.8 Å². The van der Waals surface area contributed by atoms with Crippen LogP contribution in [0.15, 0.2) is 22.8 Å². The zero-order chi connectivity index (χ0) is 11.1. The van der Waals surface area contributed by atoms with E-state index in [4.69, 9.17) is 9.52 Å². The van der Waals surface area contributed by atoms with Crippen molar-refractivity contribution in [2.45, 2.75) is 45.2 Å². The summed E-state index contributed by atoms with van der Waals surface area (Å²) in [6.45, 7) is 4.51. The molecule has 0 aromatic carbocycles. The molecule has 0 fully saturated rings. The largest absolute Gasteiger partial charge is 0.469 e. The Labute approximate surface area is 91.5 Å². The molecule has 15 heavy (non-hydrogen) atoms.